The number of amides is 3. The lowest BCUT2D eigenvalue weighted by atomic mass is 10.1. The summed E-state index contributed by atoms with van der Waals surface area (Å²) in [7, 11) is 1.26. The summed E-state index contributed by atoms with van der Waals surface area (Å²) >= 11 is 6.06. The molecule has 0 spiro atoms. The molecule has 0 saturated heterocycles. The predicted molar refractivity (Wildman–Crippen MR) is 122 cm³/mol. The molecule has 3 N–H and O–H groups in total. The Labute approximate surface area is 193 Å². The van der Waals surface area contributed by atoms with Crippen LogP contribution in [0.15, 0.2) is 54.9 Å². The second-order valence-electron chi connectivity index (χ2n) is 6.70. The molecule has 3 amide bonds. The molecule has 0 radical (unpaired) electrons. The number of hydrogen-bond acceptors (Lipinski definition) is 7. The normalized spacial score (nSPS) is 11.6. The molecule has 0 saturated carbocycles. The number of nitrogens with zero attached hydrogens (tertiary/aromatic N) is 4. The van der Waals surface area contributed by atoms with Gasteiger partial charge in [-0.05, 0) is 65.9 Å². The van der Waals surface area contributed by atoms with Crippen LogP contribution in [0.1, 0.15) is 12.5 Å². The lowest BCUT2D eigenvalue weighted by Crippen LogP contribution is -2.40. The van der Waals surface area contributed by atoms with Crippen molar-refractivity contribution in [2.24, 2.45) is 0 Å². The number of methoxy groups -OCH3 is 1. The smallest absolute Gasteiger partial charge is 0.411 e. The van der Waals surface area contributed by atoms with Crippen molar-refractivity contribution in [3.8, 4) is 5.69 Å². The third-order valence-electron chi connectivity index (χ3n) is 4.34. The van der Waals surface area contributed by atoms with E-state index in [0.29, 0.717) is 27.6 Å². The fourth-order valence-electron chi connectivity index (χ4n) is 2.69. The fourth-order valence-corrected chi connectivity index (χ4v) is 2.87. The molecule has 0 aliphatic heterocycles. The molecule has 11 nitrogen and oxygen atoms in total. The van der Waals surface area contributed by atoms with E-state index in [1.54, 1.807) is 55.5 Å². The second kappa shape index (κ2) is 10.9. The van der Waals surface area contributed by atoms with Crippen LogP contribution in [0.3, 0.4) is 0 Å². The number of ether oxygens (including phenoxy) is 1. The molecular weight excluding hydrogens is 450 g/mol. The highest BCUT2D eigenvalue weighted by atomic mass is 35.5. The van der Waals surface area contributed by atoms with Gasteiger partial charge in [-0.25, -0.2) is 4.79 Å². The third kappa shape index (κ3) is 6.61. The molecule has 2 aromatic carbocycles. The predicted octanol–water partition coefficient (Wildman–Crippen LogP) is 2.65. The van der Waals surface area contributed by atoms with Gasteiger partial charge in [-0.2, -0.15) is 4.68 Å². The van der Waals surface area contributed by atoms with Crippen molar-refractivity contribution >= 4 is 47.0 Å². The average Bonchev–Trinajstić information content (AvgIpc) is 3.33. The summed E-state index contributed by atoms with van der Waals surface area (Å²) in [5, 5.41) is 19.3. The number of rotatable bonds is 7. The number of tetrazole rings is 1. The summed E-state index contributed by atoms with van der Waals surface area (Å²) in [4.78, 5) is 35.9. The van der Waals surface area contributed by atoms with Gasteiger partial charge in [0.15, 0.2) is 0 Å². The summed E-state index contributed by atoms with van der Waals surface area (Å²) in [5.41, 5.74) is 2.25. The minimum absolute atomic E-state index is 0.414. The van der Waals surface area contributed by atoms with E-state index in [1.807, 2.05) is 0 Å². The van der Waals surface area contributed by atoms with Crippen molar-refractivity contribution in [2.75, 3.05) is 17.7 Å². The molecule has 1 heterocycles. The van der Waals surface area contributed by atoms with Gasteiger partial charge in [0, 0.05) is 28.0 Å². The number of carbonyl (C=O) groups is 3. The highest BCUT2D eigenvalue weighted by Gasteiger charge is 2.15. The van der Waals surface area contributed by atoms with Gasteiger partial charge in [-0.1, -0.05) is 11.6 Å². The zero-order valence-corrected chi connectivity index (χ0v) is 18.4. The maximum atomic E-state index is 12.4. The van der Waals surface area contributed by atoms with Gasteiger partial charge in [0.2, 0.25) is 11.8 Å². The van der Waals surface area contributed by atoms with Crippen molar-refractivity contribution < 1.29 is 19.1 Å². The van der Waals surface area contributed by atoms with Crippen LogP contribution in [0.2, 0.25) is 5.02 Å². The van der Waals surface area contributed by atoms with E-state index in [2.05, 4.69) is 36.2 Å². The molecule has 0 unspecified atom stereocenters. The SMILES string of the molecule is COC(=O)Nc1ccc(NC(=O)[C@H](C)NC(=O)C=Cc2cc(Cl)ccc2-n2cnnn2)cc1. The Hall–Kier alpha value is -4.25. The van der Waals surface area contributed by atoms with Crippen LogP contribution in [0.5, 0.6) is 0 Å². The minimum atomic E-state index is -0.812. The van der Waals surface area contributed by atoms with Gasteiger partial charge in [0.05, 0.1) is 12.8 Å². The molecule has 170 valence electrons. The molecule has 0 aliphatic rings. The van der Waals surface area contributed by atoms with E-state index in [-0.39, 0.29) is 0 Å². The Kier molecular flexibility index (Phi) is 7.71. The number of nitrogens with one attached hydrogen (secondary N) is 3. The van der Waals surface area contributed by atoms with Gasteiger partial charge in [-0.15, -0.1) is 5.10 Å². The van der Waals surface area contributed by atoms with E-state index < -0.39 is 23.9 Å². The summed E-state index contributed by atoms with van der Waals surface area (Å²) < 4.78 is 5.96. The molecule has 3 aromatic rings. The third-order valence-corrected chi connectivity index (χ3v) is 4.57. The van der Waals surface area contributed by atoms with Crippen molar-refractivity contribution in [3.63, 3.8) is 0 Å². The van der Waals surface area contributed by atoms with Crippen molar-refractivity contribution in [3.05, 3.63) is 65.5 Å². The van der Waals surface area contributed by atoms with E-state index in [1.165, 1.54) is 24.2 Å². The first-order valence-electron chi connectivity index (χ1n) is 9.63. The Morgan fingerprint density at radius 3 is 2.42 bits per heavy atom. The first kappa shape index (κ1) is 23.4. The monoisotopic (exact) mass is 469 g/mol. The van der Waals surface area contributed by atoms with E-state index >= 15 is 0 Å². The highest BCUT2D eigenvalue weighted by molar-refractivity contribution is 6.30. The molecule has 1 atom stereocenters. The first-order chi connectivity index (χ1) is 15.9. The van der Waals surface area contributed by atoms with Gasteiger partial charge < -0.3 is 15.4 Å². The number of benzene rings is 2. The van der Waals surface area contributed by atoms with Crippen LogP contribution < -0.4 is 16.0 Å². The summed E-state index contributed by atoms with van der Waals surface area (Å²) in [6.07, 6.45) is 3.66. The molecule has 0 aliphatic carbocycles. The van der Waals surface area contributed by atoms with Crippen LogP contribution in [0.4, 0.5) is 16.2 Å². The molecular formula is C21H20ClN7O4. The minimum Gasteiger partial charge on any atom is -0.453 e. The van der Waals surface area contributed by atoms with Crippen molar-refractivity contribution in [1.82, 2.24) is 25.5 Å². The fraction of sp³-hybridized carbons (Fsp3) is 0.143. The van der Waals surface area contributed by atoms with Crippen molar-refractivity contribution in [2.45, 2.75) is 13.0 Å². The Morgan fingerprint density at radius 1 is 1.09 bits per heavy atom. The molecule has 12 heteroatoms. The van der Waals surface area contributed by atoms with Crippen LogP contribution >= 0.6 is 11.6 Å². The van der Waals surface area contributed by atoms with Crippen LogP contribution in [0.25, 0.3) is 11.8 Å². The lowest BCUT2D eigenvalue weighted by Gasteiger charge is -2.13. The van der Waals surface area contributed by atoms with Crippen LogP contribution in [-0.2, 0) is 14.3 Å². The number of hydrogen-bond donors (Lipinski definition) is 3. The molecule has 0 bridgehead atoms. The van der Waals surface area contributed by atoms with E-state index in [0.717, 1.165) is 0 Å². The van der Waals surface area contributed by atoms with Gasteiger partial charge in [0.1, 0.15) is 12.4 Å². The molecule has 33 heavy (non-hydrogen) atoms. The lowest BCUT2D eigenvalue weighted by molar-refractivity contribution is -0.123. The molecule has 3 rings (SSSR count). The maximum absolute atomic E-state index is 12.4. The summed E-state index contributed by atoms with van der Waals surface area (Å²) in [5.74, 6) is -0.888. The van der Waals surface area contributed by atoms with Gasteiger partial charge in [-0.3, -0.25) is 14.9 Å². The zero-order valence-electron chi connectivity index (χ0n) is 17.7. The van der Waals surface area contributed by atoms with Crippen LogP contribution in [0, 0.1) is 0 Å². The standard InChI is InChI=1S/C21H20ClN7O4/c1-13(20(31)25-16-5-7-17(8-6-16)26-21(32)33-2)24-19(30)10-3-14-11-15(22)4-9-18(14)29-12-23-27-28-29/h3-13H,1-2H3,(H,24,30)(H,25,31)(H,26,32)/t13-/m0/s1. The Morgan fingerprint density at radius 2 is 1.79 bits per heavy atom. The molecule has 1 aromatic heterocycles. The Balaban J connectivity index is 1.58. The largest absolute Gasteiger partial charge is 0.453 e. The number of carbonyl (C=O) groups excluding carboxylic acids is 3. The number of anilines is 2. The number of halogens is 1. The Bertz CT molecular complexity index is 1160. The van der Waals surface area contributed by atoms with E-state index in [4.69, 9.17) is 11.6 Å². The molecule has 0 fully saturated rings. The average molecular weight is 470 g/mol. The van der Waals surface area contributed by atoms with Gasteiger partial charge >= 0.3 is 6.09 Å². The zero-order chi connectivity index (χ0) is 23.8. The summed E-state index contributed by atoms with van der Waals surface area (Å²) in [6, 6.07) is 10.7. The topological polar surface area (TPSA) is 140 Å². The second-order valence-corrected chi connectivity index (χ2v) is 7.14. The van der Waals surface area contributed by atoms with E-state index in [9.17, 15) is 14.4 Å². The first-order valence-corrected chi connectivity index (χ1v) is 10.0. The maximum Gasteiger partial charge on any atom is 0.411 e. The quantitative estimate of drug-likeness (QED) is 0.452. The van der Waals surface area contributed by atoms with Gasteiger partial charge in [0.25, 0.3) is 0 Å². The van der Waals surface area contributed by atoms with Crippen LogP contribution in [-0.4, -0.2) is 51.3 Å². The summed E-state index contributed by atoms with van der Waals surface area (Å²) in [6.45, 7) is 1.56. The highest BCUT2D eigenvalue weighted by Crippen LogP contribution is 2.20. The van der Waals surface area contributed by atoms with Crippen molar-refractivity contribution in [1.29, 1.82) is 0 Å². The number of aromatic nitrogens is 4.